The molecule has 3 nitrogen and oxygen atoms in total. The second-order valence-corrected chi connectivity index (χ2v) is 9.61. The van der Waals surface area contributed by atoms with Gasteiger partial charge < -0.3 is 9.47 Å². The third kappa shape index (κ3) is 11.3. The lowest BCUT2D eigenvalue weighted by Gasteiger charge is -2.16. The summed E-state index contributed by atoms with van der Waals surface area (Å²) < 4.78 is 25.9. The van der Waals surface area contributed by atoms with Gasteiger partial charge in [0.15, 0.2) is 11.6 Å². The maximum Gasteiger partial charge on any atom is 0.338 e. The first kappa shape index (κ1) is 28.9. The molecule has 2 rings (SSSR count). The van der Waals surface area contributed by atoms with Crippen molar-refractivity contribution < 1.29 is 18.7 Å². The highest BCUT2D eigenvalue weighted by Crippen LogP contribution is 2.27. The summed E-state index contributed by atoms with van der Waals surface area (Å²) in [5.74, 6) is -0.378. The second kappa shape index (κ2) is 17.1. The summed E-state index contributed by atoms with van der Waals surface area (Å²) in [4.78, 5) is 12.3. The maximum atomic E-state index is 14.7. The zero-order valence-electron chi connectivity index (χ0n) is 22.1. The van der Waals surface area contributed by atoms with Crippen molar-refractivity contribution >= 4 is 5.97 Å². The average Bonchev–Trinajstić information content (AvgIpc) is 2.87. The normalized spacial score (nSPS) is 11.9. The van der Waals surface area contributed by atoms with Gasteiger partial charge in [0.25, 0.3) is 0 Å². The van der Waals surface area contributed by atoms with E-state index in [0.29, 0.717) is 12.2 Å². The number of carbonyl (C=O) groups excluding carboxylic acids is 1. The quantitative estimate of drug-likeness (QED) is 0.156. The molecule has 0 bridgehead atoms. The van der Waals surface area contributed by atoms with E-state index in [0.717, 1.165) is 36.8 Å². The summed E-state index contributed by atoms with van der Waals surface area (Å²) in [6, 6.07) is 12.2. The molecule has 0 aliphatic rings. The molecule has 0 spiro atoms. The first-order chi connectivity index (χ1) is 17.0. The van der Waals surface area contributed by atoms with Crippen LogP contribution in [0.25, 0.3) is 11.1 Å². The molecule has 0 aliphatic heterocycles. The lowest BCUT2D eigenvalue weighted by molar-refractivity contribution is 0.0497. The predicted octanol–water partition coefficient (Wildman–Crippen LogP) is 9.53. The van der Waals surface area contributed by atoms with Crippen molar-refractivity contribution in [3.8, 4) is 16.9 Å². The average molecular weight is 485 g/mol. The topological polar surface area (TPSA) is 35.5 Å². The lowest BCUT2D eigenvalue weighted by atomic mass is 10.0. The third-order valence-electron chi connectivity index (χ3n) is 6.41. The maximum absolute atomic E-state index is 14.7. The Balaban J connectivity index is 1.76. The molecule has 0 radical (unpaired) electrons. The van der Waals surface area contributed by atoms with E-state index in [9.17, 15) is 9.18 Å². The van der Waals surface area contributed by atoms with Crippen molar-refractivity contribution in [2.75, 3.05) is 6.61 Å². The molecule has 0 heterocycles. The Hall–Kier alpha value is -2.36. The molecule has 0 fully saturated rings. The minimum absolute atomic E-state index is 0.0108. The number of hydrogen-bond donors (Lipinski definition) is 0. The van der Waals surface area contributed by atoms with Gasteiger partial charge >= 0.3 is 5.97 Å². The second-order valence-electron chi connectivity index (χ2n) is 9.61. The number of halogens is 1. The van der Waals surface area contributed by atoms with Gasteiger partial charge in [-0.3, -0.25) is 0 Å². The van der Waals surface area contributed by atoms with Crippen molar-refractivity contribution in [2.45, 2.75) is 110 Å². The smallest absolute Gasteiger partial charge is 0.338 e. The Morgan fingerprint density at radius 1 is 0.771 bits per heavy atom. The minimum Gasteiger partial charge on any atom is -0.488 e. The molecule has 1 atom stereocenters. The number of unbranched alkanes of at least 4 members (excludes halogenated alkanes) is 10. The summed E-state index contributed by atoms with van der Waals surface area (Å²) in [5.41, 5.74) is 2.12. The number of rotatable bonds is 18. The molecular weight excluding hydrogens is 439 g/mol. The van der Waals surface area contributed by atoms with Gasteiger partial charge in [0.05, 0.1) is 18.3 Å². The van der Waals surface area contributed by atoms with Gasteiger partial charge in [0, 0.05) is 0 Å². The van der Waals surface area contributed by atoms with Crippen LogP contribution >= 0.6 is 0 Å². The number of carbonyl (C=O) groups is 1. The Bertz CT molecular complexity index is 847. The molecule has 35 heavy (non-hydrogen) atoms. The van der Waals surface area contributed by atoms with Gasteiger partial charge in [0.1, 0.15) is 0 Å². The van der Waals surface area contributed by atoms with Crippen molar-refractivity contribution in [3.05, 3.63) is 53.8 Å². The molecule has 4 heteroatoms. The van der Waals surface area contributed by atoms with E-state index in [1.54, 1.807) is 18.2 Å². The first-order valence-electron chi connectivity index (χ1n) is 13.8. The van der Waals surface area contributed by atoms with E-state index in [2.05, 4.69) is 13.8 Å². The molecule has 0 aliphatic carbocycles. The number of hydrogen-bond acceptors (Lipinski definition) is 3. The van der Waals surface area contributed by atoms with Gasteiger partial charge in [-0.15, -0.1) is 0 Å². The molecule has 2 aromatic rings. The third-order valence-corrected chi connectivity index (χ3v) is 6.41. The van der Waals surface area contributed by atoms with Crippen LogP contribution in [0.1, 0.15) is 115 Å². The highest BCUT2D eigenvalue weighted by atomic mass is 19.1. The van der Waals surface area contributed by atoms with Crippen molar-refractivity contribution in [2.24, 2.45) is 0 Å². The highest BCUT2D eigenvalue weighted by molar-refractivity contribution is 5.90. The van der Waals surface area contributed by atoms with E-state index >= 15 is 0 Å². The van der Waals surface area contributed by atoms with Crippen LogP contribution in [0, 0.1) is 5.82 Å². The van der Waals surface area contributed by atoms with Crippen molar-refractivity contribution in [3.63, 3.8) is 0 Å². The number of ether oxygens (including phenoxy) is 2. The molecule has 0 aromatic heterocycles. The number of benzene rings is 2. The largest absolute Gasteiger partial charge is 0.488 e. The Morgan fingerprint density at radius 2 is 1.34 bits per heavy atom. The van der Waals surface area contributed by atoms with Gasteiger partial charge in [-0.05, 0) is 61.6 Å². The lowest BCUT2D eigenvalue weighted by Crippen LogP contribution is -2.12. The van der Waals surface area contributed by atoms with Crippen molar-refractivity contribution in [1.29, 1.82) is 0 Å². The fourth-order valence-corrected chi connectivity index (χ4v) is 4.19. The summed E-state index contributed by atoms with van der Waals surface area (Å²) in [6.07, 6.45) is 15.3. The van der Waals surface area contributed by atoms with Crippen LogP contribution in [0.15, 0.2) is 42.5 Å². The van der Waals surface area contributed by atoms with Gasteiger partial charge in [0.2, 0.25) is 0 Å². The molecule has 0 amide bonds. The SMILES string of the molecule is CCCCCCCCCCOC(=O)c1ccc(-c2ccc(O[C@@H](C)CCCCCC)c(F)c2)cc1. The first-order valence-corrected chi connectivity index (χ1v) is 13.8. The minimum atomic E-state index is -0.364. The summed E-state index contributed by atoms with van der Waals surface area (Å²) in [7, 11) is 0. The van der Waals surface area contributed by atoms with E-state index in [1.807, 2.05) is 25.1 Å². The Morgan fingerprint density at radius 3 is 1.97 bits per heavy atom. The predicted molar refractivity (Wildman–Crippen MR) is 144 cm³/mol. The Labute approximate surface area is 212 Å². The summed E-state index contributed by atoms with van der Waals surface area (Å²) in [5, 5.41) is 0. The van der Waals surface area contributed by atoms with Crippen LogP contribution in [-0.2, 0) is 4.74 Å². The molecule has 0 N–H and O–H groups in total. The molecule has 194 valence electrons. The van der Waals surface area contributed by atoms with E-state index < -0.39 is 0 Å². The van der Waals surface area contributed by atoms with E-state index in [-0.39, 0.29) is 23.6 Å². The van der Waals surface area contributed by atoms with Gasteiger partial charge in [-0.25, -0.2) is 9.18 Å². The van der Waals surface area contributed by atoms with Gasteiger partial charge in [-0.2, -0.15) is 0 Å². The van der Waals surface area contributed by atoms with Crippen LogP contribution in [0.5, 0.6) is 5.75 Å². The van der Waals surface area contributed by atoms with Crippen molar-refractivity contribution in [1.82, 2.24) is 0 Å². The fraction of sp³-hybridized carbons (Fsp3) is 0.581. The molecule has 2 aromatic carbocycles. The van der Waals surface area contributed by atoms with Crippen LogP contribution in [0.3, 0.4) is 0 Å². The highest BCUT2D eigenvalue weighted by Gasteiger charge is 2.12. The van der Waals surface area contributed by atoms with E-state index in [4.69, 9.17) is 9.47 Å². The zero-order valence-corrected chi connectivity index (χ0v) is 22.1. The Kier molecular flexibility index (Phi) is 14.1. The summed E-state index contributed by atoms with van der Waals surface area (Å²) in [6.45, 7) is 6.87. The summed E-state index contributed by atoms with van der Waals surface area (Å²) >= 11 is 0. The molecule has 0 unspecified atom stereocenters. The number of esters is 1. The van der Waals surface area contributed by atoms with Crippen LogP contribution < -0.4 is 4.74 Å². The standard InChI is InChI=1S/C31H45FO3/c1-4-6-8-10-11-12-13-15-23-34-31(33)27-19-17-26(18-20-27)28-21-22-30(29(32)24-28)35-25(3)16-14-9-7-5-2/h17-22,24-25H,4-16,23H2,1-3H3/t25-/m0/s1. The van der Waals surface area contributed by atoms with Crippen LogP contribution in [-0.4, -0.2) is 18.7 Å². The molecule has 0 saturated heterocycles. The van der Waals surface area contributed by atoms with Gasteiger partial charge in [-0.1, -0.05) is 96.3 Å². The zero-order chi connectivity index (χ0) is 25.3. The monoisotopic (exact) mass is 484 g/mol. The molecular formula is C31H45FO3. The van der Waals surface area contributed by atoms with Crippen LogP contribution in [0.2, 0.25) is 0 Å². The fourth-order valence-electron chi connectivity index (χ4n) is 4.19. The molecule has 0 saturated carbocycles. The van der Waals surface area contributed by atoms with Crippen LogP contribution in [0.4, 0.5) is 4.39 Å². The van der Waals surface area contributed by atoms with E-state index in [1.165, 1.54) is 63.9 Å².